The average molecular weight is 313 g/mol. The van der Waals surface area contributed by atoms with Crippen molar-refractivity contribution in [3.8, 4) is 0 Å². The zero-order chi connectivity index (χ0) is 15.4. The summed E-state index contributed by atoms with van der Waals surface area (Å²) in [4.78, 5) is 25.6. The highest BCUT2D eigenvalue weighted by Gasteiger charge is 2.53. The van der Waals surface area contributed by atoms with Gasteiger partial charge in [0.2, 0.25) is 5.91 Å². The number of amides is 1. The number of hydrogen-bond acceptors (Lipinski definition) is 4. The van der Waals surface area contributed by atoms with E-state index in [0.717, 1.165) is 0 Å². The third kappa shape index (κ3) is 2.37. The summed E-state index contributed by atoms with van der Waals surface area (Å²) in [6.07, 6.45) is 4.99. The van der Waals surface area contributed by atoms with Gasteiger partial charge in [0.05, 0.1) is 23.3 Å². The van der Waals surface area contributed by atoms with Gasteiger partial charge in [-0.05, 0) is 24.7 Å². The smallest absolute Gasteiger partial charge is 0.307 e. The van der Waals surface area contributed by atoms with E-state index in [1.807, 2.05) is 12.2 Å². The molecule has 1 saturated heterocycles. The number of carboxylic acid groups (broad SMARTS) is 1. The monoisotopic (exact) mass is 313 g/mol. The third-order valence-corrected chi connectivity index (χ3v) is 6.88. The van der Waals surface area contributed by atoms with E-state index in [-0.39, 0.29) is 35.3 Å². The van der Waals surface area contributed by atoms with Crippen LogP contribution < -0.4 is 0 Å². The van der Waals surface area contributed by atoms with E-state index in [4.69, 9.17) is 0 Å². The number of carbonyl (C=O) groups excluding carboxylic acids is 1. The third-order valence-electron chi connectivity index (χ3n) is 5.13. The summed E-state index contributed by atoms with van der Waals surface area (Å²) in [5.41, 5.74) is 0. The summed E-state index contributed by atoms with van der Waals surface area (Å²) >= 11 is 0. The standard InChI is InChI=1S/C14H19NO5S/c1-15(10-4-5-21(19,20)7-10)13(16)11-8-2-3-9(6-8)12(11)14(17)18/h2-3,8-12H,4-7H2,1H3,(H,17,18)/t8?,9?,10?,11-,12+/m0/s1. The number of carbonyl (C=O) groups is 2. The van der Waals surface area contributed by atoms with Gasteiger partial charge in [0.15, 0.2) is 9.84 Å². The van der Waals surface area contributed by atoms with E-state index in [0.29, 0.717) is 12.8 Å². The van der Waals surface area contributed by atoms with Crippen molar-refractivity contribution in [1.29, 1.82) is 0 Å². The van der Waals surface area contributed by atoms with Gasteiger partial charge in [0.1, 0.15) is 0 Å². The van der Waals surface area contributed by atoms with Gasteiger partial charge in [-0.2, -0.15) is 0 Å². The number of fused-ring (bicyclic) bond motifs is 2. The minimum absolute atomic E-state index is 0.0103. The molecule has 0 aromatic heterocycles. The molecule has 3 rings (SSSR count). The van der Waals surface area contributed by atoms with E-state index in [9.17, 15) is 23.1 Å². The zero-order valence-corrected chi connectivity index (χ0v) is 12.6. The Morgan fingerprint density at radius 2 is 1.81 bits per heavy atom. The molecule has 0 aromatic carbocycles. The normalized spacial score (nSPS) is 39.6. The molecule has 2 aliphatic carbocycles. The number of hydrogen-bond donors (Lipinski definition) is 1. The van der Waals surface area contributed by atoms with Gasteiger partial charge in [-0.3, -0.25) is 9.59 Å². The predicted molar refractivity (Wildman–Crippen MR) is 75.2 cm³/mol. The highest BCUT2D eigenvalue weighted by atomic mass is 32.2. The summed E-state index contributed by atoms with van der Waals surface area (Å²) in [5.74, 6) is -2.37. The van der Waals surface area contributed by atoms with Crippen LogP contribution >= 0.6 is 0 Å². The lowest BCUT2D eigenvalue weighted by Gasteiger charge is -2.31. The van der Waals surface area contributed by atoms with Crippen LogP contribution in [0.1, 0.15) is 12.8 Å². The Kier molecular flexibility index (Phi) is 3.35. The van der Waals surface area contributed by atoms with Crippen molar-refractivity contribution in [2.45, 2.75) is 18.9 Å². The minimum atomic E-state index is -3.06. The minimum Gasteiger partial charge on any atom is -0.481 e. The molecule has 1 aliphatic heterocycles. The summed E-state index contributed by atoms with van der Waals surface area (Å²) in [6, 6.07) is -0.319. The van der Waals surface area contributed by atoms with Gasteiger partial charge >= 0.3 is 5.97 Å². The fourth-order valence-corrected chi connectivity index (χ4v) is 5.77. The topological polar surface area (TPSA) is 91.8 Å². The van der Waals surface area contributed by atoms with E-state index in [1.165, 1.54) is 4.90 Å². The Hall–Kier alpha value is -1.37. The summed E-state index contributed by atoms with van der Waals surface area (Å²) in [7, 11) is -1.46. The van der Waals surface area contributed by atoms with Crippen LogP contribution in [0, 0.1) is 23.7 Å². The predicted octanol–water partition coefficient (Wildman–Crippen LogP) is 0.155. The molecule has 2 fully saturated rings. The Morgan fingerprint density at radius 3 is 2.33 bits per heavy atom. The van der Waals surface area contributed by atoms with Gasteiger partial charge in [0.25, 0.3) is 0 Å². The molecule has 7 heteroatoms. The maximum Gasteiger partial charge on any atom is 0.307 e. The molecular weight excluding hydrogens is 294 g/mol. The van der Waals surface area contributed by atoms with Crippen LogP contribution in [0.5, 0.6) is 0 Å². The molecule has 21 heavy (non-hydrogen) atoms. The van der Waals surface area contributed by atoms with Crippen LogP contribution in [-0.2, 0) is 19.4 Å². The fourth-order valence-electron chi connectivity index (χ4n) is 3.99. The molecule has 116 valence electrons. The molecule has 1 saturated carbocycles. The van der Waals surface area contributed by atoms with Crippen molar-refractivity contribution < 1.29 is 23.1 Å². The average Bonchev–Trinajstić information content (AvgIpc) is 3.09. The molecule has 5 atom stereocenters. The van der Waals surface area contributed by atoms with E-state index < -0.39 is 27.6 Å². The van der Waals surface area contributed by atoms with E-state index >= 15 is 0 Å². The SMILES string of the molecule is CN(C(=O)[C@H]1C2C=CC(C2)[C@H]1C(=O)O)C1CCS(=O)(=O)C1. The lowest BCUT2D eigenvalue weighted by atomic mass is 9.82. The van der Waals surface area contributed by atoms with Crippen molar-refractivity contribution in [2.75, 3.05) is 18.6 Å². The molecule has 2 bridgehead atoms. The summed E-state index contributed by atoms with van der Waals surface area (Å²) in [6.45, 7) is 0. The Bertz CT molecular complexity index is 611. The number of sulfone groups is 1. The quantitative estimate of drug-likeness (QED) is 0.749. The number of rotatable bonds is 3. The second kappa shape index (κ2) is 4.83. The van der Waals surface area contributed by atoms with Crippen LogP contribution in [0.15, 0.2) is 12.2 Å². The molecule has 0 aromatic rings. The van der Waals surface area contributed by atoms with Gasteiger partial charge in [-0.1, -0.05) is 12.2 Å². The molecule has 3 unspecified atom stereocenters. The van der Waals surface area contributed by atoms with Gasteiger partial charge in [-0.15, -0.1) is 0 Å². The summed E-state index contributed by atoms with van der Waals surface area (Å²) in [5, 5.41) is 9.38. The first-order valence-electron chi connectivity index (χ1n) is 7.18. The van der Waals surface area contributed by atoms with Crippen LogP contribution in [0.25, 0.3) is 0 Å². The van der Waals surface area contributed by atoms with Crippen molar-refractivity contribution >= 4 is 21.7 Å². The lowest BCUT2D eigenvalue weighted by Crippen LogP contribution is -2.46. The van der Waals surface area contributed by atoms with Crippen molar-refractivity contribution in [2.24, 2.45) is 23.7 Å². The first-order valence-corrected chi connectivity index (χ1v) is 9.00. The molecule has 0 radical (unpaired) electrons. The molecular formula is C14H19NO5S. The van der Waals surface area contributed by atoms with E-state index in [1.54, 1.807) is 7.05 Å². The van der Waals surface area contributed by atoms with Crippen molar-refractivity contribution in [3.05, 3.63) is 12.2 Å². The first-order chi connectivity index (χ1) is 9.80. The molecule has 1 amide bonds. The molecule has 3 aliphatic rings. The Balaban J connectivity index is 1.78. The molecule has 1 N–H and O–H groups in total. The van der Waals surface area contributed by atoms with Crippen LogP contribution in [0.2, 0.25) is 0 Å². The van der Waals surface area contributed by atoms with Crippen molar-refractivity contribution in [1.82, 2.24) is 4.90 Å². The molecule has 1 heterocycles. The summed E-state index contributed by atoms with van der Waals surface area (Å²) < 4.78 is 23.1. The number of carboxylic acids is 1. The molecule has 6 nitrogen and oxygen atoms in total. The molecule has 0 spiro atoms. The first kappa shape index (κ1) is 14.6. The fraction of sp³-hybridized carbons (Fsp3) is 0.714. The van der Waals surface area contributed by atoms with Gasteiger partial charge < -0.3 is 10.0 Å². The van der Waals surface area contributed by atoms with E-state index in [2.05, 4.69) is 0 Å². The maximum atomic E-state index is 12.7. The van der Waals surface area contributed by atoms with Gasteiger partial charge in [-0.25, -0.2) is 8.42 Å². The lowest BCUT2D eigenvalue weighted by molar-refractivity contribution is -0.151. The zero-order valence-electron chi connectivity index (χ0n) is 11.8. The second-order valence-electron chi connectivity index (χ2n) is 6.34. The second-order valence-corrected chi connectivity index (χ2v) is 8.57. The van der Waals surface area contributed by atoms with Crippen LogP contribution in [-0.4, -0.2) is 54.9 Å². The van der Waals surface area contributed by atoms with Gasteiger partial charge in [0, 0.05) is 13.1 Å². The number of nitrogens with zero attached hydrogens (tertiary/aromatic N) is 1. The number of allylic oxidation sites excluding steroid dienone is 2. The Morgan fingerprint density at radius 1 is 1.19 bits per heavy atom. The Labute approximate surface area is 123 Å². The highest BCUT2D eigenvalue weighted by Crippen LogP contribution is 2.48. The van der Waals surface area contributed by atoms with Crippen LogP contribution in [0.4, 0.5) is 0 Å². The van der Waals surface area contributed by atoms with Crippen molar-refractivity contribution in [3.63, 3.8) is 0 Å². The highest BCUT2D eigenvalue weighted by molar-refractivity contribution is 7.91. The maximum absolute atomic E-state index is 12.7. The number of aliphatic carboxylic acids is 1. The largest absolute Gasteiger partial charge is 0.481 e. The van der Waals surface area contributed by atoms with Crippen LogP contribution in [0.3, 0.4) is 0 Å².